The maximum atomic E-state index is 11.2. The number of pyridine rings is 1. The van der Waals surface area contributed by atoms with Crippen molar-refractivity contribution in [2.75, 3.05) is 16.8 Å². The molecule has 0 aliphatic rings. The van der Waals surface area contributed by atoms with Crippen LogP contribution in [0.2, 0.25) is 0 Å². The van der Waals surface area contributed by atoms with E-state index in [0.29, 0.717) is 5.82 Å². The predicted molar refractivity (Wildman–Crippen MR) is 72.0 cm³/mol. The van der Waals surface area contributed by atoms with Crippen molar-refractivity contribution in [1.29, 1.82) is 0 Å². The number of anilines is 1. The fourth-order valence-electron chi connectivity index (χ4n) is 1.51. The lowest BCUT2D eigenvalue weighted by Crippen LogP contribution is -2.21. The second-order valence-electron chi connectivity index (χ2n) is 3.86. The van der Waals surface area contributed by atoms with Crippen LogP contribution in [0.5, 0.6) is 0 Å². The molecule has 0 aliphatic carbocycles. The zero-order valence-electron chi connectivity index (χ0n) is 10.4. The average Bonchev–Trinajstić information content (AvgIpc) is 2.25. The summed E-state index contributed by atoms with van der Waals surface area (Å²) in [6.45, 7) is 5.91. The van der Waals surface area contributed by atoms with Crippen molar-refractivity contribution in [2.24, 2.45) is 0 Å². The number of aryl methyl sites for hydroxylation is 1. The predicted octanol–water partition coefficient (Wildman–Crippen LogP) is 2.64. The van der Waals surface area contributed by atoms with E-state index in [1.807, 2.05) is 18.7 Å². The summed E-state index contributed by atoms with van der Waals surface area (Å²) in [5.41, 5.74) is 0.992. The molecule has 17 heavy (non-hydrogen) atoms. The Morgan fingerprint density at radius 2 is 2.35 bits per heavy atom. The van der Waals surface area contributed by atoms with Crippen molar-refractivity contribution in [3.63, 3.8) is 0 Å². The number of carboxylic acids is 1. The minimum Gasteiger partial charge on any atom is -0.478 e. The third-order valence-electron chi connectivity index (χ3n) is 2.33. The number of aromatic nitrogens is 1. The summed E-state index contributed by atoms with van der Waals surface area (Å²) < 4.78 is 0. The zero-order valence-corrected chi connectivity index (χ0v) is 11.2. The molecule has 0 aliphatic heterocycles. The minimum atomic E-state index is -0.937. The number of rotatable bonds is 6. The molecule has 0 radical (unpaired) electrons. The van der Waals surface area contributed by atoms with Crippen LogP contribution in [0.3, 0.4) is 0 Å². The molecule has 0 fully saturated rings. The van der Waals surface area contributed by atoms with Gasteiger partial charge in [0.15, 0.2) is 0 Å². The highest BCUT2D eigenvalue weighted by molar-refractivity contribution is 7.99. The lowest BCUT2D eigenvalue weighted by molar-refractivity contribution is 0.0697. The number of carboxylic acid groups (broad SMARTS) is 1. The SMILES string of the molecule is CCSCC(C)Nc1nccc(C)c1C(=O)O. The molecule has 94 valence electrons. The van der Waals surface area contributed by atoms with Gasteiger partial charge in [-0.2, -0.15) is 11.8 Å². The van der Waals surface area contributed by atoms with E-state index in [4.69, 9.17) is 5.11 Å². The highest BCUT2D eigenvalue weighted by Crippen LogP contribution is 2.18. The van der Waals surface area contributed by atoms with Gasteiger partial charge in [0, 0.05) is 18.0 Å². The van der Waals surface area contributed by atoms with Crippen LogP contribution in [-0.4, -0.2) is 33.6 Å². The summed E-state index contributed by atoms with van der Waals surface area (Å²) in [7, 11) is 0. The van der Waals surface area contributed by atoms with Crippen LogP contribution in [0.25, 0.3) is 0 Å². The molecule has 1 aromatic rings. The van der Waals surface area contributed by atoms with Gasteiger partial charge in [0.05, 0.1) is 0 Å². The average molecular weight is 254 g/mol. The van der Waals surface area contributed by atoms with Gasteiger partial charge < -0.3 is 10.4 Å². The van der Waals surface area contributed by atoms with Crippen LogP contribution >= 0.6 is 11.8 Å². The van der Waals surface area contributed by atoms with Crippen molar-refractivity contribution in [3.05, 3.63) is 23.4 Å². The molecule has 0 bridgehead atoms. The lowest BCUT2D eigenvalue weighted by Gasteiger charge is -2.16. The topological polar surface area (TPSA) is 62.2 Å². The van der Waals surface area contributed by atoms with E-state index in [-0.39, 0.29) is 11.6 Å². The molecule has 0 amide bonds. The van der Waals surface area contributed by atoms with E-state index in [0.717, 1.165) is 17.1 Å². The first-order chi connectivity index (χ1) is 8.06. The van der Waals surface area contributed by atoms with E-state index in [1.165, 1.54) is 0 Å². The molecule has 4 nitrogen and oxygen atoms in total. The number of nitrogens with one attached hydrogen (secondary N) is 1. The van der Waals surface area contributed by atoms with Gasteiger partial charge in [0.2, 0.25) is 0 Å². The molecule has 1 rings (SSSR count). The molecular formula is C12H18N2O2S. The number of thioether (sulfide) groups is 1. The van der Waals surface area contributed by atoms with Crippen LogP contribution < -0.4 is 5.32 Å². The van der Waals surface area contributed by atoms with Gasteiger partial charge in [-0.3, -0.25) is 0 Å². The zero-order chi connectivity index (χ0) is 12.8. The van der Waals surface area contributed by atoms with Gasteiger partial charge >= 0.3 is 5.97 Å². The van der Waals surface area contributed by atoms with Gasteiger partial charge in [0.25, 0.3) is 0 Å². The Morgan fingerprint density at radius 3 is 2.94 bits per heavy atom. The van der Waals surface area contributed by atoms with Crippen molar-refractivity contribution >= 4 is 23.5 Å². The van der Waals surface area contributed by atoms with E-state index < -0.39 is 5.97 Å². The summed E-state index contributed by atoms with van der Waals surface area (Å²) in [6.07, 6.45) is 1.63. The minimum absolute atomic E-state index is 0.201. The van der Waals surface area contributed by atoms with Gasteiger partial charge in [-0.1, -0.05) is 6.92 Å². The number of hydrogen-bond donors (Lipinski definition) is 2. The molecule has 1 heterocycles. The first-order valence-electron chi connectivity index (χ1n) is 5.59. The Bertz CT molecular complexity index is 396. The molecule has 0 spiro atoms. The van der Waals surface area contributed by atoms with Crippen LogP contribution in [0, 0.1) is 6.92 Å². The van der Waals surface area contributed by atoms with Crippen LogP contribution in [0.4, 0.5) is 5.82 Å². The standard InChI is InChI=1S/C12H18N2O2S/c1-4-17-7-9(3)14-11-10(12(15)16)8(2)5-6-13-11/h5-6,9H,4,7H2,1-3H3,(H,13,14)(H,15,16). The van der Waals surface area contributed by atoms with Crippen LogP contribution in [-0.2, 0) is 0 Å². The fraction of sp³-hybridized carbons (Fsp3) is 0.500. The molecule has 1 aromatic heterocycles. The second-order valence-corrected chi connectivity index (χ2v) is 5.18. The molecular weight excluding hydrogens is 236 g/mol. The fourth-order valence-corrected chi connectivity index (χ4v) is 2.18. The summed E-state index contributed by atoms with van der Waals surface area (Å²) in [5.74, 6) is 1.51. The van der Waals surface area contributed by atoms with Gasteiger partial charge in [0.1, 0.15) is 11.4 Å². The van der Waals surface area contributed by atoms with Crippen LogP contribution in [0.15, 0.2) is 12.3 Å². The summed E-state index contributed by atoms with van der Waals surface area (Å²) >= 11 is 1.82. The lowest BCUT2D eigenvalue weighted by atomic mass is 10.1. The Balaban J connectivity index is 2.83. The van der Waals surface area contributed by atoms with E-state index in [1.54, 1.807) is 19.2 Å². The van der Waals surface area contributed by atoms with E-state index >= 15 is 0 Å². The maximum absolute atomic E-state index is 11.2. The Kier molecular flexibility index (Phi) is 5.28. The molecule has 1 unspecified atom stereocenters. The van der Waals surface area contributed by atoms with Crippen molar-refractivity contribution in [1.82, 2.24) is 4.98 Å². The summed E-state index contributed by atoms with van der Waals surface area (Å²) in [4.78, 5) is 15.3. The second kappa shape index (κ2) is 6.49. The summed E-state index contributed by atoms with van der Waals surface area (Å²) in [6, 6.07) is 1.91. The van der Waals surface area contributed by atoms with E-state index in [2.05, 4.69) is 17.2 Å². The smallest absolute Gasteiger partial charge is 0.339 e. The van der Waals surface area contributed by atoms with Gasteiger partial charge in [-0.05, 0) is 31.2 Å². The van der Waals surface area contributed by atoms with Gasteiger partial charge in [-0.15, -0.1) is 0 Å². The number of carbonyl (C=O) groups is 1. The number of aromatic carboxylic acids is 1. The highest BCUT2D eigenvalue weighted by atomic mass is 32.2. The third kappa shape index (κ3) is 3.93. The first-order valence-corrected chi connectivity index (χ1v) is 6.74. The number of nitrogens with zero attached hydrogens (tertiary/aromatic N) is 1. The quantitative estimate of drug-likeness (QED) is 0.817. The molecule has 0 saturated carbocycles. The molecule has 2 N–H and O–H groups in total. The normalized spacial score (nSPS) is 12.2. The molecule has 0 aromatic carbocycles. The largest absolute Gasteiger partial charge is 0.478 e. The summed E-state index contributed by atoms with van der Waals surface area (Å²) in [5, 5.41) is 12.3. The van der Waals surface area contributed by atoms with Crippen LogP contribution in [0.1, 0.15) is 29.8 Å². The Hall–Kier alpha value is -1.23. The highest BCUT2D eigenvalue weighted by Gasteiger charge is 2.15. The van der Waals surface area contributed by atoms with Crippen molar-refractivity contribution in [3.8, 4) is 0 Å². The van der Waals surface area contributed by atoms with E-state index in [9.17, 15) is 4.79 Å². The molecule has 5 heteroatoms. The molecule has 0 saturated heterocycles. The third-order valence-corrected chi connectivity index (χ3v) is 3.47. The molecule has 1 atom stereocenters. The van der Waals surface area contributed by atoms with Crippen molar-refractivity contribution < 1.29 is 9.90 Å². The van der Waals surface area contributed by atoms with Crippen molar-refractivity contribution in [2.45, 2.75) is 26.8 Å². The monoisotopic (exact) mass is 254 g/mol. The Morgan fingerprint density at radius 1 is 1.65 bits per heavy atom. The number of hydrogen-bond acceptors (Lipinski definition) is 4. The first kappa shape index (κ1) is 13.8. The Labute approximate surface area is 106 Å². The van der Waals surface area contributed by atoms with Gasteiger partial charge in [-0.25, -0.2) is 9.78 Å². The maximum Gasteiger partial charge on any atom is 0.339 e.